The van der Waals surface area contributed by atoms with E-state index in [9.17, 15) is 4.79 Å². The van der Waals surface area contributed by atoms with Crippen molar-refractivity contribution in [3.05, 3.63) is 0 Å². The third-order valence-electron chi connectivity index (χ3n) is 0.129. The van der Waals surface area contributed by atoms with Crippen molar-refractivity contribution >= 4 is 56.6 Å². The fraction of sp³-hybridized carbons (Fsp3) is 0.500. The van der Waals surface area contributed by atoms with E-state index in [1.54, 1.807) is 0 Å². The Labute approximate surface area is 71.9 Å². The summed E-state index contributed by atoms with van der Waals surface area (Å²) in [7, 11) is 0. The van der Waals surface area contributed by atoms with Crippen LogP contribution in [-0.4, -0.2) is 43.7 Å². The topological polar surface area (TPSA) is 26.3 Å². The van der Waals surface area contributed by atoms with Crippen LogP contribution < -0.4 is 0 Å². The van der Waals surface area contributed by atoms with Gasteiger partial charge in [-0.25, -0.2) is 0 Å². The summed E-state index contributed by atoms with van der Waals surface area (Å²) in [4.78, 5) is 9.51. The second-order valence-electron chi connectivity index (χ2n) is 0.583. The summed E-state index contributed by atoms with van der Waals surface area (Å²) in [6, 6.07) is 0. The first kappa shape index (κ1) is 10.1. The Morgan fingerprint density at radius 2 is 2.00 bits per heavy atom. The molecular formula is C2H6CaO2S. The molecule has 4 heteroatoms. The molecule has 0 fully saturated rings. The van der Waals surface area contributed by atoms with Crippen molar-refractivity contribution in [1.29, 1.82) is 0 Å². The van der Waals surface area contributed by atoms with Crippen LogP contribution in [0.25, 0.3) is 0 Å². The summed E-state index contributed by atoms with van der Waals surface area (Å²) in [5, 5.41) is 0. The zero-order valence-corrected chi connectivity index (χ0v) is 3.66. The molecule has 0 bridgehead atoms. The molecule has 0 aliphatic heterocycles. The van der Waals surface area contributed by atoms with Crippen LogP contribution in [-0.2, 0) is 8.98 Å². The Kier molecular flexibility index (Phi) is 10.3. The Morgan fingerprint density at radius 3 is 2.00 bits per heavy atom. The van der Waals surface area contributed by atoms with E-state index in [2.05, 4.69) is 17.1 Å². The van der Waals surface area contributed by atoms with E-state index in [1.807, 2.05) is 0 Å². The average Bonchev–Trinajstić information content (AvgIpc) is 1.38. The zero-order chi connectivity index (χ0) is 4.28. The maximum atomic E-state index is 9.51. The van der Waals surface area contributed by atoms with E-state index in [1.165, 1.54) is 6.92 Å². The van der Waals surface area contributed by atoms with Crippen LogP contribution in [0.4, 0.5) is 0 Å². The van der Waals surface area contributed by atoms with Crippen molar-refractivity contribution in [1.82, 2.24) is 0 Å². The molecule has 0 aromatic carbocycles. The van der Waals surface area contributed by atoms with Gasteiger partial charge in [0.1, 0.15) is 0 Å². The molecule has 2 nitrogen and oxygen atoms in total. The Bertz CT molecular complexity index is 46.8. The van der Waals surface area contributed by atoms with Gasteiger partial charge < -0.3 is 4.18 Å². The predicted molar refractivity (Wildman–Crippen MR) is 29.3 cm³/mol. The Balaban J connectivity index is 0. The average molecular weight is 134 g/mol. The van der Waals surface area contributed by atoms with Gasteiger partial charge in [-0.2, -0.15) is 0 Å². The fourth-order valence-electron chi connectivity index (χ4n) is 0. The van der Waals surface area contributed by atoms with Crippen molar-refractivity contribution in [2.75, 3.05) is 0 Å². The van der Waals surface area contributed by atoms with E-state index in [-0.39, 0.29) is 43.7 Å². The Morgan fingerprint density at radius 1 is 1.83 bits per heavy atom. The summed E-state index contributed by atoms with van der Waals surface area (Å²) in [6.07, 6.45) is 0. The molecule has 0 saturated heterocycles. The molecule has 0 aromatic rings. The second-order valence-corrected chi connectivity index (χ2v) is 0.765. The summed E-state index contributed by atoms with van der Waals surface area (Å²) in [5.41, 5.74) is 0. The number of rotatable bonds is 0. The third-order valence-corrected chi connectivity index (χ3v) is 0.386. The van der Waals surface area contributed by atoms with Crippen molar-refractivity contribution in [2.24, 2.45) is 0 Å². The fourth-order valence-corrected chi connectivity index (χ4v) is 0. The standard InChI is InChI=1S/C2H4O2S.Ca.2H/c1-2(3)4-5;;;/h5H,1H3;;;. The zero-order valence-electron chi connectivity index (χ0n) is 2.76. The van der Waals surface area contributed by atoms with Crippen molar-refractivity contribution in [3.8, 4) is 0 Å². The first-order chi connectivity index (χ1) is 2.27. The SMILES string of the molecule is CC(=O)OS.[CaH2]. The minimum absolute atomic E-state index is 0. The molecule has 0 radical (unpaired) electrons. The molecule has 0 amide bonds. The van der Waals surface area contributed by atoms with Gasteiger partial charge in [-0.1, -0.05) is 0 Å². The monoisotopic (exact) mass is 134 g/mol. The van der Waals surface area contributed by atoms with Gasteiger partial charge in [-0.05, 0) is 0 Å². The first-order valence-corrected chi connectivity index (χ1v) is 1.46. The van der Waals surface area contributed by atoms with Gasteiger partial charge in [0.25, 0.3) is 0 Å². The van der Waals surface area contributed by atoms with Crippen LogP contribution in [0, 0.1) is 0 Å². The van der Waals surface area contributed by atoms with Crippen molar-refractivity contribution in [3.63, 3.8) is 0 Å². The summed E-state index contributed by atoms with van der Waals surface area (Å²) >= 11 is 3.17. The number of carbonyl (C=O) groups is 1. The summed E-state index contributed by atoms with van der Waals surface area (Å²) < 4.78 is 3.81. The molecule has 0 aromatic heterocycles. The normalized spacial score (nSPS) is 5.67. The molecular weight excluding hydrogens is 128 g/mol. The van der Waals surface area contributed by atoms with E-state index < -0.39 is 0 Å². The van der Waals surface area contributed by atoms with Crippen molar-refractivity contribution < 1.29 is 8.98 Å². The minimum atomic E-state index is -0.381. The van der Waals surface area contributed by atoms with Crippen LogP contribution in [0.15, 0.2) is 0 Å². The van der Waals surface area contributed by atoms with Gasteiger partial charge in [0.15, 0.2) is 0 Å². The van der Waals surface area contributed by atoms with Crippen LogP contribution in [0.3, 0.4) is 0 Å². The van der Waals surface area contributed by atoms with Gasteiger partial charge in [-0.15, -0.1) is 0 Å². The summed E-state index contributed by atoms with van der Waals surface area (Å²) in [6.45, 7) is 1.28. The van der Waals surface area contributed by atoms with E-state index in [0.29, 0.717) is 0 Å². The number of hydrogen-bond donors (Lipinski definition) is 1. The third kappa shape index (κ3) is 8.91. The van der Waals surface area contributed by atoms with Crippen LogP contribution in [0.2, 0.25) is 0 Å². The van der Waals surface area contributed by atoms with E-state index in [0.717, 1.165) is 0 Å². The second kappa shape index (κ2) is 6.08. The molecule has 0 unspecified atom stereocenters. The molecule has 0 atom stereocenters. The van der Waals surface area contributed by atoms with Crippen LogP contribution in [0.1, 0.15) is 6.92 Å². The molecule has 0 aliphatic rings. The Hall–Kier alpha value is 1.08. The summed E-state index contributed by atoms with van der Waals surface area (Å²) in [5.74, 6) is -0.381. The van der Waals surface area contributed by atoms with Crippen LogP contribution in [0.5, 0.6) is 0 Å². The molecule has 34 valence electrons. The van der Waals surface area contributed by atoms with Gasteiger partial charge in [-0.3, -0.25) is 4.79 Å². The maximum absolute atomic E-state index is 9.51. The number of carbonyl (C=O) groups excluding carboxylic acids is 1. The van der Waals surface area contributed by atoms with Gasteiger partial charge >= 0.3 is 43.7 Å². The quantitative estimate of drug-likeness (QED) is 0.274. The van der Waals surface area contributed by atoms with Gasteiger partial charge in [0.05, 0.1) is 0 Å². The van der Waals surface area contributed by atoms with Gasteiger partial charge in [0.2, 0.25) is 0 Å². The molecule has 0 heterocycles. The van der Waals surface area contributed by atoms with E-state index >= 15 is 0 Å². The molecule has 0 aliphatic carbocycles. The molecule has 0 N–H and O–H groups in total. The predicted octanol–water partition coefficient (Wildman–Crippen LogP) is -0.522. The van der Waals surface area contributed by atoms with Gasteiger partial charge in [0, 0.05) is 19.8 Å². The molecule has 6 heavy (non-hydrogen) atoms. The molecule has 0 saturated carbocycles. The molecule has 0 spiro atoms. The number of thiol groups is 1. The molecule has 0 rings (SSSR count). The van der Waals surface area contributed by atoms with Crippen molar-refractivity contribution in [2.45, 2.75) is 6.92 Å². The number of hydrogen-bond acceptors (Lipinski definition) is 3. The first-order valence-electron chi connectivity index (χ1n) is 1.09. The van der Waals surface area contributed by atoms with E-state index in [4.69, 9.17) is 0 Å². The van der Waals surface area contributed by atoms with Crippen LogP contribution >= 0.6 is 12.9 Å².